The molecule has 1 amide bonds. The van der Waals surface area contributed by atoms with Gasteiger partial charge in [0.25, 0.3) is 0 Å². The molecule has 15 heavy (non-hydrogen) atoms. The van der Waals surface area contributed by atoms with Gasteiger partial charge in [0.15, 0.2) is 0 Å². The summed E-state index contributed by atoms with van der Waals surface area (Å²) in [5.74, 6) is -0.0223. The van der Waals surface area contributed by atoms with Crippen LogP contribution in [0.15, 0.2) is 0 Å². The zero-order chi connectivity index (χ0) is 11.5. The van der Waals surface area contributed by atoms with E-state index in [1.807, 2.05) is 0 Å². The number of Topliss-reactive ketones (excluding diaryl/α,β-unsaturated/α-hetero) is 1. The van der Waals surface area contributed by atoms with Crippen LogP contribution in [0.4, 0.5) is 4.79 Å². The van der Waals surface area contributed by atoms with Crippen LogP contribution in [0.3, 0.4) is 0 Å². The Bertz CT molecular complexity index is 279. The Labute approximate surface area is 88.1 Å². The average Bonchev–Trinajstić information content (AvgIpc) is 2.17. The monoisotopic (exact) mass is 213 g/mol. The lowest BCUT2D eigenvalue weighted by molar-refractivity contribution is -0.127. The van der Waals surface area contributed by atoms with E-state index < -0.39 is 11.5 Å². The van der Waals surface area contributed by atoms with Crippen molar-refractivity contribution in [2.24, 2.45) is 5.41 Å². The van der Waals surface area contributed by atoms with E-state index in [0.29, 0.717) is 25.9 Å². The summed E-state index contributed by atoms with van der Waals surface area (Å²) in [4.78, 5) is 33.9. The summed E-state index contributed by atoms with van der Waals surface area (Å²) >= 11 is 0. The zero-order valence-electron chi connectivity index (χ0n) is 8.73. The second-order valence-corrected chi connectivity index (χ2v) is 4.13. The molecule has 0 aliphatic carbocycles. The van der Waals surface area contributed by atoms with Crippen molar-refractivity contribution in [1.82, 2.24) is 4.90 Å². The molecule has 0 saturated carbocycles. The molecule has 5 heteroatoms. The summed E-state index contributed by atoms with van der Waals surface area (Å²) in [6, 6.07) is 0. The second kappa shape index (κ2) is 4.42. The smallest absolute Gasteiger partial charge is 0.407 e. The van der Waals surface area contributed by atoms with Gasteiger partial charge in [-0.1, -0.05) is 0 Å². The summed E-state index contributed by atoms with van der Waals surface area (Å²) in [5, 5.41) is 8.73. The normalized spacial score (nSPS) is 19.7. The van der Waals surface area contributed by atoms with Gasteiger partial charge >= 0.3 is 6.09 Å². The van der Waals surface area contributed by atoms with Gasteiger partial charge in [-0.2, -0.15) is 0 Å². The molecule has 1 aliphatic heterocycles. The number of hydrogen-bond acceptors (Lipinski definition) is 3. The first-order valence-corrected chi connectivity index (χ1v) is 4.93. The van der Waals surface area contributed by atoms with Crippen molar-refractivity contribution in [3.8, 4) is 0 Å². The van der Waals surface area contributed by atoms with E-state index in [4.69, 9.17) is 5.11 Å². The van der Waals surface area contributed by atoms with Crippen LogP contribution < -0.4 is 0 Å². The summed E-state index contributed by atoms with van der Waals surface area (Å²) in [7, 11) is 0. The lowest BCUT2D eigenvalue weighted by Gasteiger charge is -2.36. The summed E-state index contributed by atoms with van der Waals surface area (Å²) in [6.45, 7) is 2.12. The quantitative estimate of drug-likeness (QED) is 0.707. The number of ketones is 1. The molecule has 5 nitrogen and oxygen atoms in total. The number of rotatable bonds is 3. The topological polar surface area (TPSA) is 74.7 Å². The number of hydrogen-bond donors (Lipinski definition) is 1. The van der Waals surface area contributed by atoms with Crippen LogP contribution in [-0.2, 0) is 9.59 Å². The average molecular weight is 213 g/mol. The fourth-order valence-electron chi connectivity index (χ4n) is 1.98. The highest BCUT2D eigenvalue weighted by Crippen LogP contribution is 2.33. The predicted molar refractivity (Wildman–Crippen MR) is 52.6 cm³/mol. The molecule has 1 fully saturated rings. The van der Waals surface area contributed by atoms with Gasteiger partial charge in [-0.3, -0.25) is 4.79 Å². The van der Waals surface area contributed by atoms with Crippen LogP contribution in [0.2, 0.25) is 0 Å². The van der Waals surface area contributed by atoms with Gasteiger partial charge < -0.3 is 14.8 Å². The van der Waals surface area contributed by atoms with Gasteiger partial charge in [0, 0.05) is 24.9 Å². The maximum Gasteiger partial charge on any atom is 0.407 e. The highest BCUT2D eigenvalue weighted by molar-refractivity contribution is 5.80. The van der Waals surface area contributed by atoms with E-state index in [2.05, 4.69) is 0 Å². The highest BCUT2D eigenvalue weighted by atomic mass is 16.4. The fraction of sp³-hybridized carbons (Fsp3) is 0.700. The molecule has 1 rings (SSSR count). The number of aldehydes is 1. The lowest BCUT2D eigenvalue weighted by atomic mass is 9.76. The largest absolute Gasteiger partial charge is 0.465 e. The Morgan fingerprint density at radius 1 is 1.40 bits per heavy atom. The molecule has 1 saturated heterocycles. The maximum atomic E-state index is 11.0. The third-order valence-electron chi connectivity index (χ3n) is 2.88. The maximum absolute atomic E-state index is 11.0. The molecule has 84 valence electrons. The van der Waals surface area contributed by atoms with Crippen LogP contribution in [0.5, 0.6) is 0 Å². The molecular weight excluding hydrogens is 198 g/mol. The first-order valence-electron chi connectivity index (χ1n) is 4.93. The molecule has 1 N–H and O–H groups in total. The van der Waals surface area contributed by atoms with E-state index >= 15 is 0 Å². The van der Waals surface area contributed by atoms with Crippen LogP contribution in [0.1, 0.15) is 26.2 Å². The van der Waals surface area contributed by atoms with Crippen molar-refractivity contribution < 1.29 is 19.5 Å². The zero-order valence-corrected chi connectivity index (χ0v) is 8.73. The lowest BCUT2D eigenvalue weighted by Crippen LogP contribution is -2.44. The highest BCUT2D eigenvalue weighted by Gasteiger charge is 2.36. The first kappa shape index (κ1) is 11.7. The number of amides is 1. The van der Waals surface area contributed by atoms with E-state index in [1.54, 1.807) is 0 Å². The molecule has 1 heterocycles. The van der Waals surface area contributed by atoms with Gasteiger partial charge in [0.1, 0.15) is 12.1 Å². The molecule has 0 unspecified atom stereocenters. The molecule has 0 spiro atoms. The fourth-order valence-corrected chi connectivity index (χ4v) is 1.98. The van der Waals surface area contributed by atoms with E-state index in [0.717, 1.165) is 6.29 Å². The molecule has 0 atom stereocenters. The number of piperidine rings is 1. The Kier molecular flexibility index (Phi) is 3.44. The Hall–Kier alpha value is -1.39. The molecule has 0 aromatic rings. The van der Waals surface area contributed by atoms with Crippen molar-refractivity contribution in [2.75, 3.05) is 13.1 Å². The van der Waals surface area contributed by atoms with Crippen LogP contribution in [0, 0.1) is 5.41 Å². The van der Waals surface area contributed by atoms with Gasteiger partial charge in [-0.25, -0.2) is 4.79 Å². The molecule has 1 aliphatic rings. The number of carbonyl (C=O) groups is 3. The molecule has 0 aromatic heterocycles. The van der Waals surface area contributed by atoms with Gasteiger partial charge in [-0.05, 0) is 19.8 Å². The van der Waals surface area contributed by atoms with E-state index in [1.165, 1.54) is 11.8 Å². The SMILES string of the molecule is CC(=O)CC1(C=O)CCN(C(=O)O)CC1. The molecule has 0 aromatic carbocycles. The Morgan fingerprint density at radius 2 is 1.93 bits per heavy atom. The third kappa shape index (κ3) is 2.78. The van der Waals surface area contributed by atoms with Gasteiger partial charge in [0.2, 0.25) is 0 Å². The van der Waals surface area contributed by atoms with Gasteiger partial charge in [0.05, 0.1) is 0 Å². The second-order valence-electron chi connectivity index (χ2n) is 4.13. The van der Waals surface area contributed by atoms with Crippen molar-refractivity contribution in [2.45, 2.75) is 26.2 Å². The van der Waals surface area contributed by atoms with Gasteiger partial charge in [-0.15, -0.1) is 0 Å². The van der Waals surface area contributed by atoms with Crippen LogP contribution >= 0.6 is 0 Å². The number of nitrogens with zero attached hydrogens (tertiary/aromatic N) is 1. The molecular formula is C10H15NO4. The summed E-state index contributed by atoms with van der Waals surface area (Å²) in [6.07, 6.45) is 0.972. The number of likely N-dealkylation sites (tertiary alicyclic amines) is 1. The standard InChI is InChI=1S/C10H15NO4/c1-8(13)6-10(7-12)2-4-11(5-3-10)9(14)15/h7H,2-6H2,1H3,(H,14,15). The van der Waals surface area contributed by atoms with Crippen molar-refractivity contribution >= 4 is 18.2 Å². The van der Waals surface area contributed by atoms with Crippen molar-refractivity contribution in [1.29, 1.82) is 0 Å². The van der Waals surface area contributed by atoms with Crippen LogP contribution in [0.25, 0.3) is 0 Å². The number of carbonyl (C=O) groups excluding carboxylic acids is 2. The van der Waals surface area contributed by atoms with E-state index in [-0.39, 0.29) is 12.2 Å². The Balaban J connectivity index is 2.62. The predicted octanol–water partition coefficient (Wildman–Crippen LogP) is 0.925. The summed E-state index contributed by atoms with van der Waals surface area (Å²) < 4.78 is 0. The summed E-state index contributed by atoms with van der Waals surface area (Å²) in [5.41, 5.74) is -0.627. The van der Waals surface area contributed by atoms with E-state index in [9.17, 15) is 14.4 Å². The Morgan fingerprint density at radius 3 is 2.27 bits per heavy atom. The van der Waals surface area contributed by atoms with Crippen LogP contribution in [-0.4, -0.2) is 41.3 Å². The first-order chi connectivity index (χ1) is 6.99. The minimum Gasteiger partial charge on any atom is -0.465 e. The minimum atomic E-state index is -0.961. The number of carboxylic acid groups (broad SMARTS) is 1. The van der Waals surface area contributed by atoms with Crippen molar-refractivity contribution in [3.63, 3.8) is 0 Å². The minimum absolute atomic E-state index is 0.0223. The molecule has 0 radical (unpaired) electrons. The molecule has 0 bridgehead atoms. The van der Waals surface area contributed by atoms with Crippen molar-refractivity contribution in [3.05, 3.63) is 0 Å². The third-order valence-corrected chi connectivity index (χ3v) is 2.88.